The van der Waals surface area contributed by atoms with Crippen LogP contribution in [0.3, 0.4) is 0 Å². The van der Waals surface area contributed by atoms with Crippen LogP contribution in [0.5, 0.6) is 0 Å². The normalized spacial score (nSPS) is 20.5. The van der Waals surface area contributed by atoms with Crippen molar-refractivity contribution < 1.29 is 14.5 Å². The van der Waals surface area contributed by atoms with E-state index in [1.54, 1.807) is 18.2 Å². The monoisotopic (exact) mass is 595 g/mol. The number of likely N-dealkylation sites (tertiary alicyclic amines) is 1. The average molecular weight is 596 g/mol. The number of nitro groups is 1. The summed E-state index contributed by atoms with van der Waals surface area (Å²) in [4.78, 5) is 41.0. The van der Waals surface area contributed by atoms with Crippen molar-refractivity contribution in [2.75, 3.05) is 26.2 Å². The van der Waals surface area contributed by atoms with Gasteiger partial charge in [-0.2, -0.15) is 0 Å². The first-order chi connectivity index (χ1) is 21.4. The largest absolute Gasteiger partial charge is 0.349 e. The maximum Gasteiger partial charge on any atom is 0.318 e. The first kappa shape index (κ1) is 30.9. The number of nitrogens with one attached hydrogen (secondary N) is 2. The summed E-state index contributed by atoms with van der Waals surface area (Å²) in [6.07, 6.45) is 5.35. The number of urea groups is 1. The predicted molar refractivity (Wildman–Crippen MR) is 171 cm³/mol. The van der Waals surface area contributed by atoms with Crippen LogP contribution < -0.4 is 10.6 Å². The van der Waals surface area contributed by atoms with E-state index in [4.69, 9.17) is 0 Å². The second-order valence-corrected chi connectivity index (χ2v) is 11.8. The van der Waals surface area contributed by atoms with Crippen LogP contribution in [0.25, 0.3) is 0 Å². The fourth-order valence-corrected chi connectivity index (χ4v) is 6.71. The number of hydrogen-bond donors (Lipinski definition) is 2. The smallest absolute Gasteiger partial charge is 0.318 e. The highest BCUT2D eigenvalue weighted by Crippen LogP contribution is 2.41. The molecule has 230 valence electrons. The van der Waals surface area contributed by atoms with Crippen LogP contribution in [0, 0.1) is 16.0 Å². The predicted octanol–water partition coefficient (Wildman–Crippen LogP) is 5.75. The van der Waals surface area contributed by atoms with Gasteiger partial charge in [-0.05, 0) is 60.8 Å². The molecule has 9 nitrogen and oxygen atoms in total. The van der Waals surface area contributed by atoms with E-state index in [-0.39, 0.29) is 29.7 Å². The second kappa shape index (κ2) is 14.8. The molecule has 3 atom stereocenters. The second-order valence-electron chi connectivity index (χ2n) is 11.8. The summed E-state index contributed by atoms with van der Waals surface area (Å²) in [6, 6.07) is 26.3. The molecule has 2 aliphatic rings. The molecular weight excluding hydrogens is 554 g/mol. The SMILES string of the molecule is C=CCN(C(=O)NCc1ccc([N+](=O)[O-])cc1)C1CCN(CC2CC(NC(=O)c3ccccc3)CC2c2ccccc2)CC1. The summed E-state index contributed by atoms with van der Waals surface area (Å²) in [5.41, 5.74) is 2.85. The molecule has 3 aromatic rings. The molecule has 1 saturated carbocycles. The lowest BCUT2D eigenvalue weighted by molar-refractivity contribution is -0.384. The van der Waals surface area contributed by atoms with Crippen LogP contribution >= 0.6 is 0 Å². The van der Waals surface area contributed by atoms with Crippen molar-refractivity contribution in [2.45, 2.75) is 50.2 Å². The van der Waals surface area contributed by atoms with E-state index in [2.05, 4.69) is 46.4 Å². The van der Waals surface area contributed by atoms with Gasteiger partial charge in [-0.25, -0.2) is 4.79 Å². The van der Waals surface area contributed by atoms with E-state index in [1.807, 2.05) is 41.3 Å². The molecule has 1 saturated heterocycles. The van der Waals surface area contributed by atoms with E-state index >= 15 is 0 Å². The number of hydrogen-bond acceptors (Lipinski definition) is 5. The zero-order chi connectivity index (χ0) is 30.9. The van der Waals surface area contributed by atoms with Gasteiger partial charge in [-0.15, -0.1) is 6.58 Å². The van der Waals surface area contributed by atoms with Crippen molar-refractivity contribution in [1.82, 2.24) is 20.4 Å². The van der Waals surface area contributed by atoms with E-state index in [9.17, 15) is 19.7 Å². The third-order valence-corrected chi connectivity index (χ3v) is 8.96. The minimum absolute atomic E-state index is 0.0157. The number of carbonyl (C=O) groups excluding carboxylic acids is 2. The summed E-state index contributed by atoms with van der Waals surface area (Å²) in [5.74, 6) is 0.778. The average Bonchev–Trinajstić information content (AvgIpc) is 3.45. The molecule has 1 heterocycles. The van der Waals surface area contributed by atoms with Crippen molar-refractivity contribution in [2.24, 2.45) is 5.92 Å². The number of nitrogens with zero attached hydrogens (tertiary/aromatic N) is 3. The van der Waals surface area contributed by atoms with Gasteiger partial charge in [0.2, 0.25) is 0 Å². The molecule has 0 bridgehead atoms. The maximum absolute atomic E-state index is 13.2. The van der Waals surface area contributed by atoms with Crippen molar-refractivity contribution in [3.63, 3.8) is 0 Å². The van der Waals surface area contributed by atoms with Crippen LogP contribution in [-0.2, 0) is 6.54 Å². The summed E-state index contributed by atoms with van der Waals surface area (Å²) in [6.45, 7) is 7.37. The molecule has 5 rings (SSSR count). The highest BCUT2D eigenvalue weighted by molar-refractivity contribution is 5.94. The molecule has 0 spiro atoms. The molecule has 3 unspecified atom stereocenters. The van der Waals surface area contributed by atoms with E-state index in [0.717, 1.165) is 50.9 Å². The lowest BCUT2D eigenvalue weighted by atomic mass is 9.88. The molecule has 2 fully saturated rings. The first-order valence-corrected chi connectivity index (χ1v) is 15.4. The topological polar surface area (TPSA) is 108 Å². The number of nitro benzene ring substituents is 1. The summed E-state index contributed by atoms with van der Waals surface area (Å²) in [7, 11) is 0. The van der Waals surface area contributed by atoms with Crippen LogP contribution in [0.15, 0.2) is 97.6 Å². The minimum Gasteiger partial charge on any atom is -0.349 e. The van der Waals surface area contributed by atoms with Gasteiger partial charge < -0.3 is 20.4 Å². The van der Waals surface area contributed by atoms with Crippen molar-refractivity contribution in [3.05, 3.63) is 124 Å². The highest BCUT2D eigenvalue weighted by atomic mass is 16.6. The molecule has 9 heteroatoms. The highest BCUT2D eigenvalue weighted by Gasteiger charge is 2.38. The van der Waals surface area contributed by atoms with Crippen LogP contribution in [-0.4, -0.2) is 64.9 Å². The Morgan fingerprint density at radius 2 is 1.61 bits per heavy atom. The number of benzene rings is 3. The van der Waals surface area contributed by atoms with Gasteiger partial charge >= 0.3 is 6.03 Å². The lowest BCUT2D eigenvalue weighted by Gasteiger charge is -2.39. The molecule has 1 aliphatic carbocycles. The molecule has 0 radical (unpaired) electrons. The molecule has 44 heavy (non-hydrogen) atoms. The molecule has 3 aromatic carbocycles. The van der Waals surface area contributed by atoms with E-state index in [0.29, 0.717) is 30.5 Å². The Bertz CT molecular complexity index is 1410. The molecular formula is C35H41N5O4. The molecule has 0 aromatic heterocycles. The quantitative estimate of drug-likeness (QED) is 0.167. The third-order valence-electron chi connectivity index (χ3n) is 8.96. The van der Waals surface area contributed by atoms with Gasteiger partial charge in [0, 0.05) is 62.5 Å². The lowest BCUT2D eigenvalue weighted by Crippen LogP contribution is -2.51. The minimum atomic E-state index is -0.433. The number of piperidine rings is 1. The Balaban J connectivity index is 1.16. The van der Waals surface area contributed by atoms with Gasteiger partial charge in [0.05, 0.1) is 4.92 Å². The van der Waals surface area contributed by atoms with Gasteiger partial charge in [-0.3, -0.25) is 14.9 Å². The Morgan fingerprint density at radius 1 is 0.955 bits per heavy atom. The van der Waals surface area contributed by atoms with Crippen molar-refractivity contribution in [3.8, 4) is 0 Å². The fraction of sp³-hybridized carbons (Fsp3) is 0.371. The Hall–Kier alpha value is -4.50. The molecule has 2 N–H and O–H groups in total. The van der Waals surface area contributed by atoms with Gasteiger partial charge in [0.1, 0.15) is 0 Å². The summed E-state index contributed by atoms with van der Waals surface area (Å²) in [5, 5.41) is 17.2. The van der Waals surface area contributed by atoms with E-state index in [1.165, 1.54) is 17.7 Å². The van der Waals surface area contributed by atoms with Crippen LogP contribution in [0.4, 0.5) is 10.5 Å². The molecule has 3 amide bonds. The van der Waals surface area contributed by atoms with Crippen molar-refractivity contribution >= 4 is 17.6 Å². The first-order valence-electron chi connectivity index (χ1n) is 15.4. The Kier molecular flexibility index (Phi) is 10.4. The van der Waals surface area contributed by atoms with E-state index < -0.39 is 4.92 Å². The standard InChI is InChI=1S/C35H41N5O4/c1-2-19-39(35(42)36-24-26-13-15-32(16-14-26)40(43)44)31-17-20-38(21-18-31)25-29-22-30(23-33(29)27-9-5-3-6-10-27)37-34(41)28-11-7-4-8-12-28/h2-16,29-31,33H,1,17-25H2,(H,36,42)(H,37,41). The molecule has 1 aliphatic heterocycles. The zero-order valence-corrected chi connectivity index (χ0v) is 25.0. The Morgan fingerprint density at radius 3 is 2.25 bits per heavy atom. The van der Waals surface area contributed by atoms with Gasteiger partial charge in [-0.1, -0.05) is 66.7 Å². The van der Waals surface area contributed by atoms with Crippen LogP contribution in [0.2, 0.25) is 0 Å². The maximum atomic E-state index is 13.2. The summed E-state index contributed by atoms with van der Waals surface area (Å²) < 4.78 is 0. The number of amides is 3. The fourth-order valence-electron chi connectivity index (χ4n) is 6.71. The summed E-state index contributed by atoms with van der Waals surface area (Å²) >= 11 is 0. The zero-order valence-electron chi connectivity index (χ0n) is 25.0. The Labute approximate surface area is 259 Å². The van der Waals surface area contributed by atoms with Gasteiger partial charge in [0.25, 0.3) is 11.6 Å². The number of rotatable bonds is 11. The number of non-ortho nitro benzene ring substituents is 1. The van der Waals surface area contributed by atoms with Crippen molar-refractivity contribution in [1.29, 1.82) is 0 Å². The third kappa shape index (κ3) is 7.90. The van der Waals surface area contributed by atoms with Gasteiger partial charge in [0.15, 0.2) is 0 Å². The van der Waals surface area contributed by atoms with Crippen LogP contribution in [0.1, 0.15) is 53.1 Å². The number of carbonyl (C=O) groups is 2.